The van der Waals surface area contributed by atoms with Gasteiger partial charge in [-0.05, 0) is 55.9 Å². The maximum Gasteiger partial charge on any atom is 0.251 e. The highest BCUT2D eigenvalue weighted by Crippen LogP contribution is 2.31. The maximum absolute atomic E-state index is 12.3. The van der Waals surface area contributed by atoms with Gasteiger partial charge in [-0.15, -0.1) is 0 Å². The normalized spacial score (nSPS) is 25.8. The summed E-state index contributed by atoms with van der Waals surface area (Å²) in [6, 6.07) is 8.57. The van der Waals surface area contributed by atoms with Crippen LogP contribution in [0.2, 0.25) is 0 Å². The molecule has 2 rings (SSSR count). The number of carbonyl (C=O) groups excluding carboxylic acids is 1. The number of nitriles is 1. The van der Waals surface area contributed by atoms with Gasteiger partial charge in [0.25, 0.3) is 5.91 Å². The largest absolute Gasteiger partial charge is 0.394 e. The fraction of sp³-hybridized carbons (Fsp3) is 0.500. The molecule has 0 atom stereocenters. The molecule has 1 aliphatic carbocycles. The molecule has 20 heavy (non-hydrogen) atoms. The summed E-state index contributed by atoms with van der Waals surface area (Å²) in [4.78, 5) is 12.3. The van der Waals surface area contributed by atoms with E-state index in [9.17, 15) is 9.90 Å². The average molecular weight is 272 g/mol. The molecule has 0 aromatic heterocycles. The average Bonchev–Trinajstić information content (AvgIpc) is 2.50. The lowest BCUT2D eigenvalue weighted by atomic mass is 9.77. The van der Waals surface area contributed by atoms with Crippen molar-refractivity contribution in [2.75, 3.05) is 6.61 Å². The van der Waals surface area contributed by atoms with Crippen LogP contribution in [0.25, 0.3) is 0 Å². The summed E-state index contributed by atoms with van der Waals surface area (Å²) < 4.78 is 0. The predicted octanol–water partition coefficient (Wildman–Crippen LogP) is 2.23. The van der Waals surface area contributed by atoms with Crippen LogP contribution < -0.4 is 5.32 Å². The minimum atomic E-state index is -0.489. The van der Waals surface area contributed by atoms with Gasteiger partial charge in [0.1, 0.15) is 0 Å². The Kier molecular flexibility index (Phi) is 4.41. The smallest absolute Gasteiger partial charge is 0.251 e. The van der Waals surface area contributed by atoms with E-state index < -0.39 is 5.54 Å². The maximum atomic E-state index is 12.3. The first-order valence-electron chi connectivity index (χ1n) is 7.02. The zero-order chi connectivity index (χ0) is 14.6. The first-order valence-corrected chi connectivity index (χ1v) is 7.02. The van der Waals surface area contributed by atoms with Crippen molar-refractivity contribution in [3.63, 3.8) is 0 Å². The van der Waals surface area contributed by atoms with Gasteiger partial charge in [0.2, 0.25) is 0 Å². The third-order valence-corrected chi connectivity index (χ3v) is 4.19. The lowest BCUT2D eigenvalue weighted by Crippen LogP contribution is -2.53. The molecule has 0 unspecified atom stereocenters. The summed E-state index contributed by atoms with van der Waals surface area (Å²) >= 11 is 0. The Labute approximate surface area is 119 Å². The van der Waals surface area contributed by atoms with Crippen molar-refractivity contribution < 1.29 is 9.90 Å². The summed E-state index contributed by atoms with van der Waals surface area (Å²) in [6.45, 7) is 2.17. The Morgan fingerprint density at radius 3 is 2.50 bits per heavy atom. The van der Waals surface area contributed by atoms with Gasteiger partial charge in [0.05, 0.1) is 23.8 Å². The van der Waals surface area contributed by atoms with E-state index in [0.717, 1.165) is 25.7 Å². The minimum Gasteiger partial charge on any atom is -0.394 e. The highest BCUT2D eigenvalue weighted by molar-refractivity contribution is 5.94. The van der Waals surface area contributed by atoms with Gasteiger partial charge in [0, 0.05) is 5.56 Å². The molecule has 0 spiro atoms. The van der Waals surface area contributed by atoms with Crippen LogP contribution in [0, 0.1) is 17.2 Å². The van der Waals surface area contributed by atoms with Crippen LogP contribution in [-0.2, 0) is 0 Å². The molecule has 0 saturated heterocycles. The van der Waals surface area contributed by atoms with Crippen LogP contribution in [0.15, 0.2) is 24.3 Å². The monoisotopic (exact) mass is 272 g/mol. The molecule has 0 bridgehead atoms. The molecule has 106 valence electrons. The molecule has 1 aromatic rings. The summed E-state index contributed by atoms with van der Waals surface area (Å²) in [6.07, 6.45) is 3.67. The number of hydrogen-bond donors (Lipinski definition) is 2. The lowest BCUT2D eigenvalue weighted by molar-refractivity contribution is 0.0717. The van der Waals surface area contributed by atoms with Crippen molar-refractivity contribution in [1.82, 2.24) is 5.32 Å². The summed E-state index contributed by atoms with van der Waals surface area (Å²) in [5.74, 6) is 0.472. The van der Waals surface area contributed by atoms with E-state index in [0.29, 0.717) is 17.0 Å². The molecule has 4 heteroatoms. The van der Waals surface area contributed by atoms with Gasteiger partial charge in [0.15, 0.2) is 0 Å². The lowest BCUT2D eigenvalue weighted by Gasteiger charge is -2.38. The Hall–Kier alpha value is -1.86. The third-order valence-electron chi connectivity index (χ3n) is 4.19. The second kappa shape index (κ2) is 6.06. The van der Waals surface area contributed by atoms with Gasteiger partial charge in [-0.1, -0.05) is 6.92 Å². The van der Waals surface area contributed by atoms with E-state index in [1.165, 1.54) is 0 Å². The Balaban J connectivity index is 2.07. The molecule has 0 aliphatic heterocycles. The van der Waals surface area contributed by atoms with Crippen molar-refractivity contribution in [2.24, 2.45) is 5.92 Å². The second-order valence-electron chi connectivity index (χ2n) is 5.76. The zero-order valence-corrected chi connectivity index (χ0v) is 11.7. The van der Waals surface area contributed by atoms with Crippen LogP contribution in [0.1, 0.15) is 48.5 Å². The van der Waals surface area contributed by atoms with E-state index in [-0.39, 0.29) is 12.5 Å². The molecule has 1 saturated carbocycles. The van der Waals surface area contributed by atoms with Gasteiger partial charge < -0.3 is 10.4 Å². The van der Waals surface area contributed by atoms with Crippen molar-refractivity contribution in [2.45, 2.75) is 38.1 Å². The van der Waals surface area contributed by atoms with Gasteiger partial charge >= 0.3 is 0 Å². The van der Waals surface area contributed by atoms with Gasteiger partial charge in [-0.25, -0.2) is 0 Å². The first kappa shape index (κ1) is 14.5. The number of benzene rings is 1. The van der Waals surface area contributed by atoms with Crippen LogP contribution in [-0.4, -0.2) is 23.2 Å². The Bertz CT molecular complexity index is 508. The molecular formula is C16H20N2O2. The van der Waals surface area contributed by atoms with E-state index in [1.807, 2.05) is 6.07 Å². The molecule has 1 aliphatic rings. The van der Waals surface area contributed by atoms with E-state index in [4.69, 9.17) is 5.26 Å². The number of nitrogens with one attached hydrogen (secondary N) is 1. The SMILES string of the molecule is CC1CCC(CO)(NC(=O)c2ccc(C#N)cc2)CC1. The standard InChI is InChI=1S/C16H20N2O2/c1-12-6-8-16(11-19,9-7-12)18-15(20)14-4-2-13(10-17)3-5-14/h2-5,12,19H,6-9,11H2,1H3,(H,18,20). The highest BCUT2D eigenvalue weighted by atomic mass is 16.3. The van der Waals surface area contributed by atoms with Crippen LogP contribution in [0.3, 0.4) is 0 Å². The number of aliphatic hydroxyl groups excluding tert-OH is 1. The predicted molar refractivity (Wildman–Crippen MR) is 76.1 cm³/mol. The van der Waals surface area contributed by atoms with E-state index in [2.05, 4.69) is 12.2 Å². The van der Waals surface area contributed by atoms with Crippen LogP contribution in [0.4, 0.5) is 0 Å². The van der Waals surface area contributed by atoms with Crippen LogP contribution in [0.5, 0.6) is 0 Å². The first-order chi connectivity index (χ1) is 9.58. The Morgan fingerprint density at radius 2 is 2.00 bits per heavy atom. The fourth-order valence-corrected chi connectivity index (χ4v) is 2.65. The van der Waals surface area contributed by atoms with E-state index in [1.54, 1.807) is 24.3 Å². The third kappa shape index (κ3) is 3.17. The number of carbonyl (C=O) groups is 1. The molecule has 0 radical (unpaired) electrons. The quantitative estimate of drug-likeness (QED) is 0.886. The van der Waals surface area contributed by atoms with Crippen molar-refractivity contribution in [1.29, 1.82) is 5.26 Å². The van der Waals surface area contributed by atoms with Gasteiger partial charge in [-0.3, -0.25) is 4.79 Å². The second-order valence-corrected chi connectivity index (χ2v) is 5.76. The number of hydrogen-bond acceptors (Lipinski definition) is 3. The van der Waals surface area contributed by atoms with Crippen molar-refractivity contribution in [3.8, 4) is 6.07 Å². The van der Waals surface area contributed by atoms with Crippen molar-refractivity contribution >= 4 is 5.91 Å². The minimum absolute atomic E-state index is 0.0261. The van der Waals surface area contributed by atoms with E-state index >= 15 is 0 Å². The molecule has 0 heterocycles. The summed E-state index contributed by atoms with van der Waals surface area (Å²) in [5.41, 5.74) is 0.567. The molecule has 4 nitrogen and oxygen atoms in total. The van der Waals surface area contributed by atoms with Crippen molar-refractivity contribution in [3.05, 3.63) is 35.4 Å². The number of amides is 1. The molecular weight excluding hydrogens is 252 g/mol. The summed E-state index contributed by atoms with van der Waals surface area (Å²) in [5, 5.41) is 21.4. The molecule has 1 amide bonds. The fourth-order valence-electron chi connectivity index (χ4n) is 2.65. The number of aliphatic hydroxyl groups is 1. The Morgan fingerprint density at radius 1 is 1.40 bits per heavy atom. The van der Waals surface area contributed by atoms with Gasteiger partial charge in [-0.2, -0.15) is 5.26 Å². The molecule has 2 N–H and O–H groups in total. The molecule has 1 fully saturated rings. The number of nitrogens with zero attached hydrogens (tertiary/aromatic N) is 1. The number of rotatable bonds is 3. The highest BCUT2D eigenvalue weighted by Gasteiger charge is 2.35. The summed E-state index contributed by atoms with van der Waals surface area (Å²) in [7, 11) is 0. The zero-order valence-electron chi connectivity index (χ0n) is 11.7. The van der Waals surface area contributed by atoms with Crippen LogP contribution >= 0.6 is 0 Å². The molecule has 1 aromatic carbocycles. The topological polar surface area (TPSA) is 73.1 Å².